The molecule has 0 aliphatic carbocycles. The van der Waals surface area contributed by atoms with E-state index < -0.39 is 0 Å². The number of nitrogens with one attached hydrogen (secondary N) is 1. The second-order valence-corrected chi connectivity index (χ2v) is 4.88. The van der Waals surface area contributed by atoms with E-state index in [0.717, 1.165) is 12.8 Å². The zero-order valence-corrected chi connectivity index (χ0v) is 11.0. The molecule has 0 saturated heterocycles. The minimum Gasteiger partial charge on any atom is -0.313 e. The molecule has 2 nitrogen and oxygen atoms in total. The first-order valence-corrected chi connectivity index (χ1v) is 6.30. The van der Waals surface area contributed by atoms with Gasteiger partial charge in [0.25, 0.3) is 0 Å². The van der Waals surface area contributed by atoms with Crippen molar-refractivity contribution in [1.29, 1.82) is 5.26 Å². The largest absolute Gasteiger partial charge is 0.313 e. The van der Waals surface area contributed by atoms with Gasteiger partial charge in [-0.2, -0.15) is 5.26 Å². The Labute approximate surface area is 105 Å². The summed E-state index contributed by atoms with van der Waals surface area (Å²) in [5, 5.41) is 11.9. The highest BCUT2D eigenvalue weighted by atomic mass is 14.9. The van der Waals surface area contributed by atoms with Crippen molar-refractivity contribution in [1.82, 2.24) is 5.32 Å². The Hall–Kier alpha value is -1.33. The van der Waals surface area contributed by atoms with Gasteiger partial charge >= 0.3 is 0 Å². The van der Waals surface area contributed by atoms with Crippen LogP contribution in [0, 0.1) is 17.2 Å². The van der Waals surface area contributed by atoms with Crippen LogP contribution in [-0.4, -0.2) is 7.05 Å². The van der Waals surface area contributed by atoms with Crippen molar-refractivity contribution in [3.05, 3.63) is 35.4 Å². The lowest BCUT2D eigenvalue weighted by molar-refractivity contribution is 0.556. The highest BCUT2D eigenvalue weighted by molar-refractivity contribution is 5.25. The Kier molecular flexibility index (Phi) is 5.72. The lowest BCUT2D eigenvalue weighted by Gasteiger charge is -2.15. The molecule has 92 valence electrons. The molecule has 0 aliphatic heterocycles. The van der Waals surface area contributed by atoms with Crippen LogP contribution >= 0.6 is 0 Å². The molecule has 0 heterocycles. The molecule has 0 spiro atoms. The van der Waals surface area contributed by atoms with Crippen LogP contribution in [0.1, 0.15) is 43.9 Å². The summed E-state index contributed by atoms with van der Waals surface area (Å²) in [4.78, 5) is 0. The Bertz CT molecular complexity index is 360. The maximum Gasteiger partial charge on any atom is 0.0622 e. The van der Waals surface area contributed by atoms with Crippen LogP contribution in [0.4, 0.5) is 0 Å². The van der Waals surface area contributed by atoms with E-state index in [-0.39, 0.29) is 0 Å². The first-order chi connectivity index (χ1) is 8.17. The number of nitrogens with zero attached hydrogens (tertiary/aromatic N) is 1. The summed E-state index contributed by atoms with van der Waals surface area (Å²) in [5.41, 5.74) is 2.66. The Morgan fingerprint density at radius 3 is 2.35 bits per heavy atom. The molecule has 1 aromatic carbocycles. The van der Waals surface area contributed by atoms with Gasteiger partial charge in [-0.3, -0.25) is 0 Å². The van der Waals surface area contributed by atoms with E-state index in [0.29, 0.717) is 18.4 Å². The Morgan fingerprint density at radius 2 is 1.88 bits per heavy atom. The third-order valence-corrected chi connectivity index (χ3v) is 2.92. The van der Waals surface area contributed by atoms with Gasteiger partial charge < -0.3 is 5.32 Å². The third-order valence-electron chi connectivity index (χ3n) is 2.92. The standard InChI is InChI=1S/C15H22N2/c1-12(2)11-13-6-8-14(9-7-13)15(17-3)5-4-10-16/h6-9,12,15,17H,4-5,11H2,1-3H3. The number of nitriles is 1. The fourth-order valence-corrected chi connectivity index (χ4v) is 2.04. The molecule has 2 heteroatoms. The average molecular weight is 230 g/mol. The summed E-state index contributed by atoms with van der Waals surface area (Å²) < 4.78 is 0. The van der Waals surface area contributed by atoms with Gasteiger partial charge in [0.2, 0.25) is 0 Å². The molecule has 1 unspecified atom stereocenters. The van der Waals surface area contributed by atoms with Gasteiger partial charge in [0.05, 0.1) is 6.07 Å². The summed E-state index contributed by atoms with van der Waals surface area (Å²) in [5.74, 6) is 0.694. The fraction of sp³-hybridized carbons (Fsp3) is 0.533. The van der Waals surface area contributed by atoms with Crippen molar-refractivity contribution < 1.29 is 0 Å². The zero-order chi connectivity index (χ0) is 12.7. The maximum atomic E-state index is 8.62. The Balaban J connectivity index is 2.68. The first kappa shape index (κ1) is 13.7. The van der Waals surface area contributed by atoms with E-state index >= 15 is 0 Å². The molecule has 0 aromatic heterocycles. The van der Waals surface area contributed by atoms with Gasteiger partial charge in [-0.05, 0) is 36.9 Å². The molecule has 1 rings (SSSR count). The highest BCUT2D eigenvalue weighted by Crippen LogP contribution is 2.19. The van der Waals surface area contributed by atoms with E-state index in [9.17, 15) is 0 Å². The van der Waals surface area contributed by atoms with Crippen molar-refractivity contribution in [2.24, 2.45) is 5.92 Å². The number of benzene rings is 1. The Morgan fingerprint density at radius 1 is 1.24 bits per heavy atom. The van der Waals surface area contributed by atoms with Gasteiger partial charge in [0, 0.05) is 12.5 Å². The normalized spacial score (nSPS) is 12.4. The van der Waals surface area contributed by atoms with Gasteiger partial charge in [0.15, 0.2) is 0 Å². The first-order valence-electron chi connectivity index (χ1n) is 6.30. The summed E-state index contributed by atoms with van der Waals surface area (Å²) in [6.45, 7) is 4.47. The summed E-state index contributed by atoms with van der Waals surface area (Å²) in [7, 11) is 1.95. The number of hydrogen-bond acceptors (Lipinski definition) is 2. The van der Waals surface area contributed by atoms with Crippen LogP contribution in [0.3, 0.4) is 0 Å². The van der Waals surface area contributed by atoms with Crippen molar-refractivity contribution >= 4 is 0 Å². The molecule has 1 N–H and O–H groups in total. The van der Waals surface area contributed by atoms with Gasteiger partial charge in [-0.15, -0.1) is 0 Å². The van der Waals surface area contributed by atoms with Crippen molar-refractivity contribution in [2.75, 3.05) is 7.05 Å². The molecule has 0 fully saturated rings. The second kappa shape index (κ2) is 7.09. The molecule has 0 aliphatic rings. The molecule has 17 heavy (non-hydrogen) atoms. The van der Waals surface area contributed by atoms with Crippen molar-refractivity contribution in [2.45, 2.75) is 39.2 Å². The van der Waals surface area contributed by atoms with Crippen LogP contribution < -0.4 is 5.32 Å². The lowest BCUT2D eigenvalue weighted by Crippen LogP contribution is -2.16. The molecule has 0 saturated carbocycles. The van der Waals surface area contributed by atoms with E-state index in [1.165, 1.54) is 11.1 Å². The monoisotopic (exact) mass is 230 g/mol. The topological polar surface area (TPSA) is 35.8 Å². The predicted molar refractivity (Wildman–Crippen MR) is 71.6 cm³/mol. The molecule has 1 aromatic rings. The lowest BCUT2D eigenvalue weighted by atomic mass is 9.98. The highest BCUT2D eigenvalue weighted by Gasteiger charge is 2.08. The van der Waals surface area contributed by atoms with E-state index in [1.54, 1.807) is 0 Å². The van der Waals surface area contributed by atoms with E-state index in [2.05, 4.69) is 49.5 Å². The zero-order valence-electron chi connectivity index (χ0n) is 11.0. The van der Waals surface area contributed by atoms with Crippen LogP contribution in [-0.2, 0) is 6.42 Å². The maximum absolute atomic E-state index is 8.62. The van der Waals surface area contributed by atoms with E-state index in [4.69, 9.17) is 5.26 Å². The van der Waals surface area contributed by atoms with Crippen LogP contribution in [0.15, 0.2) is 24.3 Å². The predicted octanol–water partition coefficient (Wildman–Crippen LogP) is 3.45. The smallest absolute Gasteiger partial charge is 0.0622 e. The summed E-state index contributed by atoms with van der Waals surface area (Å²) in [6, 6.07) is 11.2. The second-order valence-electron chi connectivity index (χ2n) is 4.88. The number of rotatable bonds is 6. The minimum atomic E-state index is 0.294. The minimum absolute atomic E-state index is 0.294. The molecular formula is C15H22N2. The quantitative estimate of drug-likeness (QED) is 0.812. The van der Waals surface area contributed by atoms with Crippen molar-refractivity contribution in [3.8, 4) is 6.07 Å². The third kappa shape index (κ3) is 4.58. The van der Waals surface area contributed by atoms with Crippen LogP contribution in [0.2, 0.25) is 0 Å². The molecule has 0 amide bonds. The fourth-order valence-electron chi connectivity index (χ4n) is 2.04. The molecule has 1 atom stereocenters. The average Bonchev–Trinajstić information content (AvgIpc) is 2.31. The van der Waals surface area contributed by atoms with Crippen LogP contribution in [0.25, 0.3) is 0 Å². The van der Waals surface area contributed by atoms with Gasteiger partial charge in [-0.1, -0.05) is 38.1 Å². The molecular weight excluding hydrogens is 208 g/mol. The van der Waals surface area contributed by atoms with Gasteiger partial charge in [-0.25, -0.2) is 0 Å². The number of hydrogen-bond donors (Lipinski definition) is 1. The SMILES string of the molecule is CNC(CCC#N)c1ccc(CC(C)C)cc1. The van der Waals surface area contributed by atoms with Crippen molar-refractivity contribution in [3.63, 3.8) is 0 Å². The van der Waals surface area contributed by atoms with Gasteiger partial charge in [0.1, 0.15) is 0 Å². The summed E-state index contributed by atoms with van der Waals surface area (Å²) >= 11 is 0. The molecule has 0 radical (unpaired) electrons. The van der Waals surface area contributed by atoms with E-state index in [1.807, 2.05) is 7.05 Å². The van der Waals surface area contributed by atoms with Crippen LogP contribution in [0.5, 0.6) is 0 Å². The molecule has 0 bridgehead atoms. The summed E-state index contributed by atoms with van der Waals surface area (Å²) in [6.07, 6.45) is 2.60.